The fourth-order valence-electron chi connectivity index (χ4n) is 6.90. The molecule has 6 heteroatoms. The van der Waals surface area contributed by atoms with E-state index in [0.717, 1.165) is 60.1 Å². The number of anilines is 3. The maximum atomic E-state index is 15.5. The lowest BCUT2D eigenvalue weighted by atomic mass is 9.57. The number of carbonyl (C=O) groups is 1. The van der Waals surface area contributed by atoms with Crippen molar-refractivity contribution in [3.05, 3.63) is 125 Å². The Balaban J connectivity index is 1.74. The Kier molecular flexibility index (Phi) is 9.66. The van der Waals surface area contributed by atoms with Crippen LogP contribution >= 0.6 is 0 Å². The van der Waals surface area contributed by atoms with Gasteiger partial charge in [-0.2, -0.15) is 0 Å². The van der Waals surface area contributed by atoms with Crippen molar-refractivity contribution in [1.29, 1.82) is 0 Å². The first kappa shape index (κ1) is 32.3. The van der Waals surface area contributed by atoms with Crippen LogP contribution in [0.3, 0.4) is 0 Å². The topological polar surface area (TPSA) is 39.3 Å². The minimum absolute atomic E-state index is 0.0979. The third kappa shape index (κ3) is 6.22. The van der Waals surface area contributed by atoms with Gasteiger partial charge in [0.1, 0.15) is 5.54 Å². The van der Waals surface area contributed by atoms with Crippen LogP contribution in [-0.2, 0) is 16.6 Å². The second kappa shape index (κ2) is 13.5. The maximum Gasteiger partial charge on any atom is 0.184 e. The van der Waals surface area contributed by atoms with Crippen molar-refractivity contribution in [2.45, 2.75) is 24.3 Å². The molecule has 1 heterocycles. The van der Waals surface area contributed by atoms with Gasteiger partial charge in [-0.3, -0.25) is 9.69 Å². The molecule has 236 valence electrons. The lowest BCUT2D eigenvalue weighted by Crippen LogP contribution is -2.65. The molecule has 4 aromatic rings. The summed E-state index contributed by atoms with van der Waals surface area (Å²) in [5.74, 6) is 0.0979. The van der Waals surface area contributed by atoms with Gasteiger partial charge in [0.15, 0.2) is 5.78 Å². The van der Waals surface area contributed by atoms with Crippen molar-refractivity contribution >= 4 is 22.8 Å². The molecular formula is C39H48N4O2. The molecule has 1 unspecified atom stereocenters. The van der Waals surface area contributed by atoms with Gasteiger partial charge in [-0.15, -0.1) is 0 Å². The van der Waals surface area contributed by atoms with Crippen LogP contribution in [0.4, 0.5) is 17.1 Å². The van der Waals surface area contributed by atoms with E-state index < -0.39 is 11.0 Å². The zero-order chi connectivity index (χ0) is 32.2. The number of ketones is 1. The molecule has 0 bridgehead atoms. The van der Waals surface area contributed by atoms with Gasteiger partial charge in [-0.05, 0) is 92.7 Å². The Labute approximate surface area is 269 Å². The highest BCUT2D eigenvalue weighted by Crippen LogP contribution is 2.48. The molecule has 0 aliphatic carbocycles. The van der Waals surface area contributed by atoms with Gasteiger partial charge in [-0.25, -0.2) is 0 Å². The number of carbonyl (C=O) groups excluding carboxylic acids is 1. The first-order valence-corrected chi connectivity index (χ1v) is 15.8. The number of rotatable bonds is 11. The van der Waals surface area contributed by atoms with E-state index in [9.17, 15) is 0 Å². The van der Waals surface area contributed by atoms with Crippen LogP contribution in [0.25, 0.3) is 0 Å². The molecular weight excluding hydrogens is 556 g/mol. The van der Waals surface area contributed by atoms with Crippen molar-refractivity contribution in [3.63, 3.8) is 0 Å². The Hall–Kier alpha value is -4.13. The van der Waals surface area contributed by atoms with Gasteiger partial charge in [0, 0.05) is 69.3 Å². The highest BCUT2D eigenvalue weighted by Gasteiger charge is 2.57. The number of hydrogen-bond acceptors (Lipinski definition) is 6. The molecule has 5 rings (SSSR count). The van der Waals surface area contributed by atoms with Gasteiger partial charge < -0.3 is 19.4 Å². The SMILES string of the molecule is CN(C)c1ccc(C(C)(c2ccc(N(C)C)cc2)C(Cc2ccccc2)(C(=O)c2ccc(N3CCOCC3)cc2)N(C)C)cc1. The summed E-state index contributed by atoms with van der Waals surface area (Å²) in [6.45, 7) is 5.41. The third-order valence-electron chi connectivity index (χ3n) is 9.70. The Morgan fingerprint density at radius 1 is 0.689 bits per heavy atom. The molecule has 0 saturated carbocycles. The van der Waals surface area contributed by atoms with E-state index in [1.807, 2.05) is 18.2 Å². The Bertz CT molecular complexity index is 1490. The number of Topliss-reactive ketones (excluding diaryl/α,β-unsaturated/α-hetero) is 1. The van der Waals surface area contributed by atoms with Gasteiger partial charge in [0.25, 0.3) is 0 Å². The Morgan fingerprint density at radius 3 is 1.62 bits per heavy atom. The van der Waals surface area contributed by atoms with Gasteiger partial charge >= 0.3 is 0 Å². The van der Waals surface area contributed by atoms with Gasteiger partial charge in [-0.1, -0.05) is 54.6 Å². The van der Waals surface area contributed by atoms with E-state index in [2.05, 4.69) is 154 Å². The van der Waals surface area contributed by atoms with E-state index >= 15 is 4.79 Å². The first-order chi connectivity index (χ1) is 21.6. The number of ether oxygens (including phenoxy) is 1. The monoisotopic (exact) mass is 604 g/mol. The van der Waals surface area contributed by atoms with E-state index in [4.69, 9.17) is 4.74 Å². The molecule has 0 aromatic heterocycles. The lowest BCUT2D eigenvalue weighted by molar-refractivity contribution is 0.0488. The predicted molar refractivity (Wildman–Crippen MR) is 188 cm³/mol. The molecule has 1 aliphatic heterocycles. The van der Waals surface area contributed by atoms with E-state index in [-0.39, 0.29) is 5.78 Å². The number of nitrogens with zero attached hydrogens (tertiary/aromatic N) is 4. The van der Waals surface area contributed by atoms with Crippen molar-refractivity contribution in [2.24, 2.45) is 0 Å². The summed E-state index contributed by atoms with van der Waals surface area (Å²) >= 11 is 0. The molecule has 4 aromatic carbocycles. The van der Waals surface area contributed by atoms with E-state index in [0.29, 0.717) is 12.0 Å². The highest BCUT2D eigenvalue weighted by atomic mass is 16.5. The zero-order valence-electron chi connectivity index (χ0n) is 28.0. The quantitative estimate of drug-likeness (QED) is 0.185. The summed E-state index contributed by atoms with van der Waals surface area (Å²) in [5.41, 5.74) is 5.65. The Morgan fingerprint density at radius 2 is 1.18 bits per heavy atom. The van der Waals surface area contributed by atoms with Crippen LogP contribution < -0.4 is 14.7 Å². The fourth-order valence-corrected chi connectivity index (χ4v) is 6.90. The molecule has 1 aliphatic rings. The minimum atomic E-state index is -0.978. The van der Waals surface area contributed by atoms with E-state index in [1.165, 1.54) is 0 Å². The maximum absolute atomic E-state index is 15.5. The van der Waals surface area contributed by atoms with Crippen LogP contribution in [0.15, 0.2) is 103 Å². The molecule has 0 radical (unpaired) electrons. The number of morpholine rings is 1. The normalized spacial score (nSPS) is 15.1. The fraction of sp³-hybridized carbons (Fsp3) is 0.359. The summed E-state index contributed by atoms with van der Waals surface area (Å²) < 4.78 is 5.57. The van der Waals surface area contributed by atoms with Crippen molar-refractivity contribution in [1.82, 2.24) is 4.90 Å². The molecule has 0 spiro atoms. The molecule has 0 N–H and O–H groups in total. The van der Waals surface area contributed by atoms with Crippen molar-refractivity contribution in [3.8, 4) is 0 Å². The van der Waals surface area contributed by atoms with Crippen molar-refractivity contribution < 1.29 is 9.53 Å². The average molecular weight is 605 g/mol. The van der Waals surface area contributed by atoms with Gasteiger partial charge in [0.2, 0.25) is 0 Å². The minimum Gasteiger partial charge on any atom is -0.378 e. The number of hydrogen-bond donors (Lipinski definition) is 0. The highest BCUT2D eigenvalue weighted by molar-refractivity contribution is 6.05. The second-order valence-corrected chi connectivity index (χ2v) is 12.9. The van der Waals surface area contributed by atoms with Crippen LogP contribution in [0.1, 0.15) is 34.0 Å². The van der Waals surface area contributed by atoms with Crippen LogP contribution in [0.2, 0.25) is 0 Å². The van der Waals surface area contributed by atoms with Crippen LogP contribution in [-0.4, -0.2) is 84.8 Å². The molecule has 6 nitrogen and oxygen atoms in total. The smallest absolute Gasteiger partial charge is 0.184 e. The predicted octanol–water partition coefficient (Wildman–Crippen LogP) is 6.39. The third-order valence-corrected chi connectivity index (χ3v) is 9.70. The molecule has 1 atom stereocenters. The summed E-state index contributed by atoms with van der Waals surface area (Å²) in [7, 11) is 12.3. The summed E-state index contributed by atoms with van der Waals surface area (Å²) in [5, 5.41) is 0. The average Bonchev–Trinajstić information content (AvgIpc) is 3.07. The van der Waals surface area contributed by atoms with Gasteiger partial charge in [0.05, 0.1) is 13.2 Å². The van der Waals surface area contributed by atoms with E-state index in [1.54, 1.807) is 0 Å². The summed E-state index contributed by atoms with van der Waals surface area (Å²) in [6.07, 6.45) is 0.534. The molecule has 45 heavy (non-hydrogen) atoms. The summed E-state index contributed by atoms with van der Waals surface area (Å²) in [4.78, 5) is 24.2. The number of benzene rings is 4. The standard InChI is InChI=1S/C39H48N4O2/c1-38(32-15-21-34(22-16-32)40(2)3,33-17-23-35(24-18-33)41(4)5)39(42(6)7,29-30-11-9-8-10-12-30)37(44)31-13-19-36(20-14-31)43-25-27-45-28-26-43/h8-24H,25-29H2,1-7H3. The first-order valence-electron chi connectivity index (χ1n) is 15.8. The largest absolute Gasteiger partial charge is 0.378 e. The second-order valence-electron chi connectivity index (χ2n) is 12.9. The molecule has 0 amide bonds. The summed E-state index contributed by atoms with van der Waals surface area (Å²) in [6, 6.07) is 36.1. The van der Waals surface area contributed by atoms with Crippen molar-refractivity contribution in [2.75, 3.05) is 83.3 Å². The molecule has 1 saturated heterocycles. The van der Waals surface area contributed by atoms with Crippen LogP contribution in [0.5, 0.6) is 0 Å². The zero-order valence-corrected chi connectivity index (χ0v) is 28.0. The number of likely N-dealkylation sites (N-methyl/N-ethyl adjacent to an activating group) is 1. The lowest BCUT2D eigenvalue weighted by Gasteiger charge is -2.53. The van der Waals surface area contributed by atoms with Crippen LogP contribution in [0, 0.1) is 0 Å². The molecule has 1 fully saturated rings.